The molecule has 122 valence electrons. The Morgan fingerprint density at radius 3 is 3.12 bits per heavy atom. The number of aryl methyl sites for hydroxylation is 1. The number of hydrogen-bond acceptors (Lipinski definition) is 4. The van der Waals surface area contributed by atoms with Crippen LogP contribution < -0.4 is 5.32 Å². The summed E-state index contributed by atoms with van der Waals surface area (Å²) in [5.74, 6) is 1.81. The summed E-state index contributed by atoms with van der Waals surface area (Å²) in [4.78, 5) is 17.1. The van der Waals surface area contributed by atoms with Crippen molar-refractivity contribution in [1.82, 2.24) is 20.1 Å². The molecule has 1 unspecified atom stereocenters. The lowest BCUT2D eigenvalue weighted by atomic mass is 10.0. The minimum atomic E-state index is -0.0871. The number of aromatic nitrogens is 3. The van der Waals surface area contributed by atoms with E-state index in [1.54, 1.807) is 12.4 Å². The van der Waals surface area contributed by atoms with E-state index in [0.717, 1.165) is 29.1 Å². The number of carbonyl (C=O) groups is 1. The number of hydrogen-bond donors (Lipinski definition) is 1. The Bertz CT molecular complexity index is 905. The van der Waals surface area contributed by atoms with E-state index in [1.165, 1.54) is 11.1 Å². The molecule has 3 aromatic rings. The Morgan fingerprint density at radius 2 is 2.25 bits per heavy atom. The largest absolute Gasteiger partial charge is 0.344 e. The average molecular weight is 338 g/mol. The first kappa shape index (κ1) is 15.2. The van der Waals surface area contributed by atoms with E-state index in [0.29, 0.717) is 5.56 Å². The zero-order valence-corrected chi connectivity index (χ0v) is 14.2. The van der Waals surface area contributed by atoms with Crippen LogP contribution in [0.2, 0.25) is 0 Å². The van der Waals surface area contributed by atoms with Crippen LogP contribution in [0.15, 0.2) is 42.7 Å². The molecule has 1 N–H and O–H groups in total. The quantitative estimate of drug-likeness (QED) is 0.797. The van der Waals surface area contributed by atoms with Gasteiger partial charge >= 0.3 is 0 Å². The summed E-state index contributed by atoms with van der Waals surface area (Å²) >= 11 is 1.85. The van der Waals surface area contributed by atoms with Crippen LogP contribution >= 0.6 is 11.8 Å². The van der Waals surface area contributed by atoms with Crippen LogP contribution in [0.1, 0.15) is 34.5 Å². The van der Waals surface area contributed by atoms with Crippen molar-refractivity contribution in [2.45, 2.75) is 25.3 Å². The van der Waals surface area contributed by atoms with E-state index >= 15 is 0 Å². The summed E-state index contributed by atoms with van der Waals surface area (Å²) in [6, 6.07) is 10.2. The summed E-state index contributed by atoms with van der Waals surface area (Å²) < 4.78 is 1.82. The van der Waals surface area contributed by atoms with Gasteiger partial charge in [-0.2, -0.15) is 16.9 Å². The number of rotatable bonds is 3. The average Bonchev–Trinajstić information content (AvgIpc) is 3.04. The van der Waals surface area contributed by atoms with E-state index in [4.69, 9.17) is 0 Å². The number of carbonyl (C=O) groups excluding carboxylic acids is 1. The molecule has 0 saturated carbocycles. The second kappa shape index (κ2) is 6.28. The van der Waals surface area contributed by atoms with Gasteiger partial charge < -0.3 is 5.32 Å². The van der Waals surface area contributed by atoms with Gasteiger partial charge in [0.25, 0.3) is 5.91 Å². The third-order valence-corrected chi connectivity index (χ3v) is 5.40. The molecule has 2 aromatic heterocycles. The van der Waals surface area contributed by atoms with Crippen molar-refractivity contribution in [3.05, 3.63) is 59.4 Å². The summed E-state index contributed by atoms with van der Waals surface area (Å²) in [6.07, 6.45) is 3.39. The van der Waals surface area contributed by atoms with E-state index in [2.05, 4.69) is 27.5 Å². The predicted molar refractivity (Wildman–Crippen MR) is 96.0 cm³/mol. The maximum Gasteiger partial charge on any atom is 0.253 e. The van der Waals surface area contributed by atoms with Gasteiger partial charge in [0.1, 0.15) is 0 Å². The topological polar surface area (TPSA) is 59.8 Å². The van der Waals surface area contributed by atoms with Gasteiger partial charge in [0.15, 0.2) is 5.65 Å². The van der Waals surface area contributed by atoms with Crippen molar-refractivity contribution in [3.63, 3.8) is 0 Å². The van der Waals surface area contributed by atoms with Gasteiger partial charge in [0, 0.05) is 29.6 Å². The standard InChI is InChI=1S/C18H18N4OS/c1-2-22-17-13(9-20-22)7-14(8-19-17)18(23)21-16-11-24-10-12-5-3-4-6-15(12)16/h3-9,16H,2,10-11H2,1H3,(H,21,23). The normalized spacial score (nSPS) is 16.8. The second-order valence-electron chi connectivity index (χ2n) is 5.84. The summed E-state index contributed by atoms with van der Waals surface area (Å²) in [7, 11) is 0. The number of fused-ring (bicyclic) bond motifs is 2. The summed E-state index contributed by atoms with van der Waals surface area (Å²) in [5, 5.41) is 8.32. The molecule has 5 nitrogen and oxygen atoms in total. The zero-order valence-electron chi connectivity index (χ0n) is 13.4. The minimum Gasteiger partial charge on any atom is -0.344 e. The number of thioether (sulfide) groups is 1. The Hall–Kier alpha value is -2.34. The van der Waals surface area contributed by atoms with Crippen LogP contribution in [0.3, 0.4) is 0 Å². The van der Waals surface area contributed by atoms with Gasteiger partial charge in [-0.3, -0.25) is 4.79 Å². The Balaban J connectivity index is 1.59. The highest BCUT2D eigenvalue weighted by atomic mass is 32.2. The van der Waals surface area contributed by atoms with Gasteiger partial charge in [0.05, 0.1) is 17.8 Å². The maximum atomic E-state index is 12.7. The molecule has 0 bridgehead atoms. The van der Waals surface area contributed by atoms with Crippen LogP contribution in [0.25, 0.3) is 11.0 Å². The Kier molecular flexibility index (Phi) is 3.98. The lowest BCUT2D eigenvalue weighted by Gasteiger charge is -2.26. The molecule has 1 aromatic carbocycles. The fourth-order valence-electron chi connectivity index (χ4n) is 3.07. The molecule has 4 rings (SSSR count). The van der Waals surface area contributed by atoms with E-state index in [9.17, 15) is 4.79 Å². The van der Waals surface area contributed by atoms with E-state index in [-0.39, 0.29) is 11.9 Å². The van der Waals surface area contributed by atoms with Gasteiger partial charge in [-0.15, -0.1) is 0 Å². The first-order valence-corrected chi connectivity index (χ1v) is 9.19. The van der Waals surface area contributed by atoms with Crippen molar-refractivity contribution in [1.29, 1.82) is 0 Å². The molecule has 0 spiro atoms. The van der Waals surface area contributed by atoms with Crippen molar-refractivity contribution < 1.29 is 4.79 Å². The highest BCUT2D eigenvalue weighted by Crippen LogP contribution is 2.31. The van der Waals surface area contributed by atoms with E-state index in [1.807, 2.05) is 41.6 Å². The summed E-state index contributed by atoms with van der Waals surface area (Å²) in [5.41, 5.74) is 3.91. The molecule has 1 amide bonds. The van der Waals surface area contributed by atoms with E-state index < -0.39 is 0 Å². The summed E-state index contributed by atoms with van der Waals surface area (Å²) in [6.45, 7) is 2.78. The number of pyridine rings is 1. The molecule has 3 heterocycles. The lowest BCUT2D eigenvalue weighted by molar-refractivity contribution is 0.0940. The van der Waals surface area contributed by atoms with Crippen LogP contribution in [-0.2, 0) is 12.3 Å². The zero-order chi connectivity index (χ0) is 16.5. The molecular weight excluding hydrogens is 320 g/mol. The molecule has 1 aliphatic heterocycles. The molecule has 0 saturated heterocycles. The molecule has 0 radical (unpaired) electrons. The molecule has 1 atom stereocenters. The third kappa shape index (κ3) is 2.67. The minimum absolute atomic E-state index is 0.0431. The molecule has 0 fully saturated rings. The van der Waals surface area contributed by atoms with Crippen LogP contribution in [-0.4, -0.2) is 26.4 Å². The maximum absolute atomic E-state index is 12.7. The van der Waals surface area contributed by atoms with Crippen molar-refractivity contribution in [2.75, 3.05) is 5.75 Å². The SMILES string of the molecule is CCn1ncc2cc(C(=O)NC3CSCc4ccccc43)cnc21. The fourth-order valence-corrected chi connectivity index (χ4v) is 4.17. The van der Waals surface area contributed by atoms with Gasteiger partial charge in [-0.05, 0) is 24.1 Å². The smallest absolute Gasteiger partial charge is 0.253 e. The van der Waals surface area contributed by atoms with Gasteiger partial charge in [-0.25, -0.2) is 9.67 Å². The first-order chi connectivity index (χ1) is 11.8. The highest BCUT2D eigenvalue weighted by Gasteiger charge is 2.22. The lowest BCUT2D eigenvalue weighted by Crippen LogP contribution is -2.32. The van der Waals surface area contributed by atoms with Gasteiger partial charge in [0.2, 0.25) is 0 Å². The number of nitrogens with one attached hydrogen (secondary N) is 1. The second-order valence-corrected chi connectivity index (χ2v) is 6.87. The molecule has 0 aliphatic carbocycles. The van der Waals surface area contributed by atoms with Gasteiger partial charge in [-0.1, -0.05) is 24.3 Å². The Labute approximate surface area is 144 Å². The molecule has 1 aliphatic rings. The number of benzene rings is 1. The van der Waals surface area contributed by atoms with Crippen molar-refractivity contribution in [2.24, 2.45) is 0 Å². The van der Waals surface area contributed by atoms with Crippen LogP contribution in [0.4, 0.5) is 0 Å². The number of amides is 1. The van der Waals surface area contributed by atoms with Crippen molar-refractivity contribution in [3.8, 4) is 0 Å². The number of nitrogens with zero attached hydrogens (tertiary/aromatic N) is 3. The molecule has 6 heteroatoms. The monoisotopic (exact) mass is 338 g/mol. The third-order valence-electron chi connectivity index (χ3n) is 4.32. The fraction of sp³-hybridized carbons (Fsp3) is 0.278. The Morgan fingerprint density at radius 1 is 1.38 bits per heavy atom. The molecule has 24 heavy (non-hydrogen) atoms. The predicted octanol–water partition coefficient (Wildman–Crippen LogP) is 3.17. The van der Waals surface area contributed by atoms with Crippen LogP contribution in [0.5, 0.6) is 0 Å². The molecular formula is C18H18N4OS. The van der Waals surface area contributed by atoms with Crippen LogP contribution in [0, 0.1) is 0 Å². The highest BCUT2D eigenvalue weighted by molar-refractivity contribution is 7.98. The first-order valence-electron chi connectivity index (χ1n) is 8.04. The van der Waals surface area contributed by atoms with Crippen molar-refractivity contribution >= 4 is 28.7 Å².